The maximum atomic E-state index is 11.9. The van der Waals surface area contributed by atoms with Crippen molar-refractivity contribution in [3.05, 3.63) is 0 Å². The first-order chi connectivity index (χ1) is 7.04. The van der Waals surface area contributed by atoms with Crippen LogP contribution in [0.15, 0.2) is 0 Å². The van der Waals surface area contributed by atoms with Gasteiger partial charge in [-0.15, -0.1) is 0 Å². The maximum absolute atomic E-state index is 11.9. The van der Waals surface area contributed by atoms with Gasteiger partial charge in [0.15, 0.2) is 0 Å². The van der Waals surface area contributed by atoms with Crippen LogP contribution in [0.3, 0.4) is 0 Å². The Hall–Kier alpha value is -0.220. The lowest BCUT2D eigenvalue weighted by Crippen LogP contribution is -2.40. The van der Waals surface area contributed by atoms with Gasteiger partial charge >= 0.3 is 0 Å². The standard InChI is InChI=1S/C11H23NO2S/c1-5-12(7-8-14-6-2)11(13)10(15)9(3)4/h9-10,15H,5-8H2,1-4H3. The second kappa shape index (κ2) is 7.99. The van der Waals surface area contributed by atoms with Crippen molar-refractivity contribution < 1.29 is 9.53 Å². The van der Waals surface area contributed by atoms with Gasteiger partial charge in [-0.05, 0) is 19.8 Å². The molecule has 0 fully saturated rings. The Bertz CT molecular complexity index is 185. The molecule has 0 saturated carbocycles. The summed E-state index contributed by atoms with van der Waals surface area (Å²) in [7, 11) is 0. The van der Waals surface area contributed by atoms with Crippen molar-refractivity contribution in [2.45, 2.75) is 32.9 Å². The third-order valence-electron chi connectivity index (χ3n) is 2.29. The van der Waals surface area contributed by atoms with E-state index in [1.54, 1.807) is 4.90 Å². The van der Waals surface area contributed by atoms with E-state index in [-0.39, 0.29) is 17.1 Å². The van der Waals surface area contributed by atoms with Crippen LogP contribution in [0.1, 0.15) is 27.7 Å². The average Bonchev–Trinajstić information content (AvgIpc) is 2.22. The van der Waals surface area contributed by atoms with Gasteiger partial charge in [-0.25, -0.2) is 0 Å². The first-order valence-corrected chi connectivity index (χ1v) is 6.10. The second-order valence-electron chi connectivity index (χ2n) is 3.80. The summed E-state index contributed by atoms with van der Waals surface area (Å²) in [5, 5.41) is -0.202. The number of hydrogen-bond acceptors (Lipinski definition) is 3. The van der Waals surface area contributed by atoms with Crippen molar-refractivity contribution in [3.8, 4) is 0 Å². The molecule has 0 aliphatic carbocycles. The van der Waals surface area contributed by atoms with Gasteiger partial charge in [-0.2, -0.15) is 12.6 Å². The molecule has 3 nitrogen and oxygen atoms in total. The molecule has 1 amide bonds. The van der Waals surface area contributed by atoms with Crippen molar-refractivity contribution in [2.75, 3.05) is 26.3 Å². The van der Waals surface area contributed by atoms with Gasteiger partial charge in [0.1, 0.15) is 0 Å². The normalized spacial score (nSPS) is 12.9. The molecule has 4 heteroatoms. The molecule has 1 atom stereocenters. The summed E-state index contributed by atoms with van der Waals surface area (Å²) >= 11 is 4.33. The molecule has 0 bridgehead atoms. The van der Waals surface area contributed by atoms with Crippen LogP contribution in [0.5, 0.6) is 0 Å². The maximum Gasteiger partial charge on any atom is 0.235 e. The van der Waals surface area contributed by atoms with E-state index in [4.69, 9.17) is 4.74 Å². The molecule has 0 aromatic heterocycles. The van der Waals surface area contributed by atoms with E-state index >= 15 is 0 Å². The van der Waals surface area contributed by atoms with E-state index in [1.807, 2.05) is 27.7 Å². The largest absolute Gasteiger partial charge is 0.380 e. The molecule has 0 aliphatic heterocycles. The number of nitrogens with zero attached hydrogens (tertiary/aromatic N) is 1. The second-order valence-corrected chi connectivity index (χ2v) is 4.36. The average molecular weight is 233 g/mol. The highest BCUT2D eigenvalue weighted by molar-refractivity contribution is 7.81. The zero-order valence-electron chi connectivity index (χ0n) is 10.2. The van der Waals surface area contributed by atoms with Gasteiger partial charge in [-0.3, -0.25) is 4.79 Å². The molecule has 0 N–H and O–H groups in total. The van der Waals surface area contributed by atoms with Crippen LogP contribution in [-0.2, 0) is 9.53 Å². The van der Waals surface area contributed by atoms with Gasteiger partial charge in [0.2, 0.25) is 5.91 Å². The van der Waals surface area contributed by atoms with Crippen molar-refractivity contribution in [1.29, 1.82) is 0 Å². The Morgan fingerprint density at radius 3 is 2.40 bits per heavy atom. The minimum Gasteiger partial charge on any atom is -0.380 e. The van der Waals surface area contributed by atoms with E-state index in [0.717, 1.165) is 6.54 Å². The number of hydrogen-bond donors (Lipinski definition) is 1. The van der Waals surface area contributed by atoms with Crippen molar-refractivity contribution in [3.63, 3.8) is 0 Å². The molecule has 15 heavy (non-hydrogen) atoms. The lowest BCUT2D eigenvalue weighted by molar-refractivity contribution is -0.131. The third kappa shape index (κ3) is 5.42. The van der Waals surface area contributed by atoms with E-state index in [9.17, 15) is 4.79 Å². The summed E-state index contributed by atoms with van der Waals surface area (Å²) in [5.74, 6) is 0.373. The van der Waals surface area contributed by atoms with Gasteiger partial charge in [-0.1, -0.05) is 13.8 Å². The number of rotatable bonds is 7. The molecular weight excluding hydrogens is 210 g/mol. The quantitative estimate of drug-likeness (QED) is 0.537. The number of amides is 1. The molecular formula is C11H23NO2S. The topological polar surface area (TPSA) is 29.5 Å². The van der Waals surface area contributed by atoms with Crippen LogP contribution in [0, 0.1) is 5.92 Å². The van der Waals surface area contributed by atoms with Crippen LogP contribution in [0.25, 0.3) is 0 Å². The monoisotopic (exact) mass is 233 g/mol. The molecule has 0 aromatic carbocycles. The Kier molecular flexibility index (Phi) is 7.88. The Balaban J connectivity index is 4.09. The first-order valence-electron chi connectivity index (χ1n) is 5.59. The minimum atomic E-state index is -0.202. The lowest BCUT2D eigenvalue weighted by atomic mass is 10.1. The molecule has 0 spiro atoms. The molecule has 0 saturated heterocycles. The summed E-state index contributed by atoms with van der Waals surface area (Å²) in [5.41, 5.74) is 0. The molecule has 1 unspecified atom stereocenters. The Morgan fingerprint density at radius 2 is 2.00 bits per heavy atom. The van der Waals surface area contributed by atoms with Crippen molar-refractivity contribution >= 4 is 18.5 Å². The summed E-state index contributed by atoms with van der Waals surface area (Å²) < 4.78 is 5.24. The summed E-state index contributed by atoms with van der Waals surface area (Å²) in [6, 6.07) is 0. The number of likely N-dealkylation sites (N-methyl/N-ethyl adjacent to an activating group) is 1. The predicted octanol–water partition coefficient (Wildman–Crippen LogP) is 1.83. The summed E-state index contributed by atoms with van der Waals surface area (Å²) in [6.07, 6.45) is 0. The summed E-state index contributed by atoms with van der Waals surface area (Å²) in [4.78, 5) is 13.7. The zero-order chi connectivity index (χ0) is 11.8. The van der Waals surface area contributed by atoms with Crippen LogP contribution in [0.4, 0.5) is 0 Å². The van der Waals surface area contributed by atoms with Crippen LogP contribution in [-0.4, -0.2) is 42.4 Å². The highest BCUT2D eigenvalue weighted by Gasteiger charge is 2.22. The van der Waals surface area contributed by atoms with Gasteiger partial charge in [0.25, 0.3) is 0 Å². The Morgan fingerprint density at radius 1 is 1.40 bits per heavy atom. The van der Waals surface area contributed by atoms with Crippen LogP contribution in [0.2, 0.25) is 0 Å². The molecule has 0 aromatic rings. The minimum absolute atomic E-state index is 0.107. The van der Waals surface area contributed by atoms with Crippen molar-refractivity contribution in [1.82, 2.24) is 4.90 Å². The zero-order valence-corrected chi connectivity index (χ0v) is 11.1. The Labute approximate surface area is 98.6 Å². The lowest BCUT2D eigenvalue weighted by Gasteiger charge is -2.25. The third-order valence-corrected chi connectivity index (χ3v) is 3.10. The fourth-order valence-electron chi connectivity index (χ4n) is 1.22. The van der Waals surface area contributed by atoms with Crippen molar-refractivity contribution in [2.24, 2.45) is 5.92 Å². The highest BCUT2D eigenvalue weighted by atomic mass is 32.1. The fourth-order valence-corrected chi connectivity index (χ4v) is 1.38. The molecule has 0 heterocycles. The first kappa shape index (κ1) is 14.8. The smallest absolute Gasteiger partial charge is 0.235 e. The highest BCUT2D eigenvalue weighted by Crippen LogP contribution is 2.12. The van der Waals surface area contributed by atoms with Crippen LogP contribution < -0.4 is 0 Å². The number of ether oxygens (including phenoxy) is 1. The molecule has 0 aliphatic rings. The van der Waals surface area contributed by atoms with Gasteiger partial charge in [0.05, 0.1) is 11.9 Å². The van der Waals surface area contributed by atoms with E-state index in [2.05, 4.69) is 12.6 Å². The van der Waals surface area contributed by atoms with Gasteiger partial charge < -0.3 is 9.64 Å². The van der Waals surface area contributed by atoms with Gasteiger partial charge in [0, 0.05) is 19.7 Å². The van der Waals surface area contributed by atoms with Crippen LogP contribution >= 0.6 is 12.6 Å². The predicted molar refractivity (Wildman–Crippen MR) is 66.4 cm³/mol. The fraction of sp³-hybridized carbons (Fsp3) is 0.909. The number of thiol groups is 1. The van der Waals surface area contributed by atoms with E-state index < -0.39 is 0 Å². The molecule has 0 rings (SSSR count). The SMILES string of the molecule is CCOCCN(CC)C(=O)C(S)C(C)C. The van der Waals surface area contributed by atoms with E-state index in [0.29, 0.717) is 19.8 Å². The molecule has 0 radical (unpaired) electrons. The summed E-state index contributed by atoms with van der Waals surface area (Å²) in [6.45, 7) is 10.6. The van der Waals surface area contributed by atoms with E-state index in [1.165, 1.54) is 0 Å². The number of carbonyl (C=O) groups is 1. The number of carbonyl (C=O) groups excluding carboxylic acids is 1. The molecule has 90 valence electrons.